The summed E-state index contributed by atoms with van der Waals surface area (Å²) in [5, 5.41) is 2.97. The van der Waals surface area contributed by atoms with E-state index in [9.17, 15) is 9.18 Å². The Bertz CT molecular complexity index is 438. The lowest BCUT2D eigenvalue weighted by atomic mass is 10.1. The smallest absolute Gasteiger partial charge is 0.223 e. The third-order valence-corrected chi connectivity index (χ3v) is 4.64. The van der Waals surface area contributed by atoms with E-state index < -0.39 is 0 Å². The molecule has 0 saturated heterocycles. The van der Waals surface area contributed by atoms with Crippen molar-refractivity contribution >= 4 is 17.7 Å². The molecule has 20 heavy (non-hydrogen) atoms. The molecule has 0 radical (unpaired) electrons. The second-order valence-electron chi connectivity index (χ2n) is 5.22. The topological polar surface area (TPSA) is 55.1 Å². The highest BCUT2D eigenvalue weighted by Crippen LogP contribution is 2.24. The van der Waals surface area contributed by atoms with E-state index in [1.165, 1.54) is 12.1 Å². The molecule has 2 unspecified atom stereocenters. The van der Waals surface area contributed by atoms with Crippen LogP contribution in [0.1, 0.15) is 25.7 Å². The number of amides is 1. The van der Waals surface area contributed by atoms with E-state index in [1.54, 1.807) is 23.9 Å². The molecule has 1 aliphatic rings. The monoisotopic (exact) mass is 296 g/mol. The summed E-state index contributed by atoms with van der Waals surface area (Å²) in [6, 6.07) is 6.68. The van der Waals surface area contributed by atoms with Crippen molar-refractivity contribution in [3.8, 4) is 0 Å². The van der Waals surface area contributed by atoms with Gasteiger partial charge in [0.25, 0.3) is 0 Å². The molecule has 1 amide bonds. The molecule has 1 aromatic rings. The summed E-state index contributed by atoms with van der Waals surface area (Å²) in [4.78, 5) is 12.9. The van der Waals surface area contributed by atoms with Crippen molar-refractivity contribution in [1.29, 1.82) is 0 Å². The van der Waals surface area contributed by atoms with Crippen LogP contribution in [0.25, 0.3) is 0 Å². The average molecular weight is 296 g/mol. The molecule has 1 aliphatic carbocycles. The molecular formula is C15H21FN2OS. The van der Waals surface area contributed by atoms with Crippen molar-refractivity contribution in [2.45, 2.75) is 36.6 Å². The first-order valence-electron chi connectivity index (χ1n) is 7.07. The Morgan fingerprint density at radius 1 is 1.35 bits per heavy atom. The Kier molecular flexibility index (Phi) is 5.86. The van der Waals surface area contributed by atoms with Crippen LogP contribution < -0.4 is 11.1 Å². The average Bonchev–Trinajstić information content (AvgIpc) is 2.87. The number of nitrogens with two attached hydrogens (primary N) is 1. The number of rotatable bonds is 6. The van der Waals surface area contributed by atoms with Gasteiger partial charge in [-0.3, -0.25) is 4.79 Å². The van der Waals surface area contributed by atoms with E-state index in [0.717, 1.165) is 36.3 Å². The van der Waals surface area contributed by atoms with Gasteiger partial charge in [0.2, 0.25) is 5.91 Å². The lowest BCUT2D eigenvalue weighted by Crippen LogP contribution is -2.31. The summed E-state index contributed by atoms with van der Waals surface area (Å²) < 4.78 is 12.7. The van der Waals surface area contributed by atoms with Crippen molar-refractivity contribution in [2.24, 2.45) is 11.7 Å². The SMILES string of the molecule is NC1CCC(C(=O)NCCCSc2ccc(F)cc2)C1. The molecule has 2 rings (SSSR count). The molecular weight excluding hydrogens is 275 g/mol. The van der Waals surface area contributed by atoms with Crippen molar-refractivity contribution in [3.05, 3.63) is 30.1 Å². The molecule has 1 aromatic carbocycles. The fourth-order valence-electron chi connectivity index (χ4n) is 2.40. The zero-order valence-corrected chi connectivity index (χ0v) is 12.3. The van der Waals surface area contributed by atoms with Crippen LogP contribution in [0.15, 0.2) is 29.2 Å². The van der Waals surface area contributed by atoms with Crippen LogP contribution in [0.2, 0.25) is 0 Å². The first kappa shape index (κ1) is 15.3. The van der Waals surface area contributed by atoms with Gasteiger partial charge in [-0.25, -0.2) is 4.39 Å². The van der Waals surface area contributed by atoms with Crippen molar-refractivity contribution in [2.75, 3.05) is 12.3 Å². The number of halogens is 1. The van der Waals surface area contributed by atoms with Gasteiger partial charge in [-0.05, 0) is 55.7 Å². The van der Waals surface area contributed by atoms with Crippen LogP contribution in [0.5, 0.6) is 0 Å². The highest BCUT2D eigenvalue weighted by atomic mass is 32.2. The van der Waals surface area contributed by atoms with Crippen LogP contribution in [0.3, 0.4) is 0 Å². The van der Waals surface area contributed by atoms with Gasteiger partial charge in [-0.2, -0.15) is 0 Å². The highest BCUT2D eigenvalue weighted by Gasteiger charge is 2.27. The van der Waals surface area contributed by atoms with Gasteiger partial charge >= 0.3 is 0 Å². The number of hydrogen-bond donors (Lipinski definition) is 2. The summed E-state index contributed by atoms with van der Waals surface area (Å²) in [6.07, 6.45) is 3.60. The minimum absolute atomic E-state index is 0.106. The van der Waals surface area contributed by atoms with Gasteiger partial charge < -0.3 is 11.1 Å². The molecule has 3 nitrogen and oxygen atoms in total. The molecule has 1 fully saturated rings. The summed E-state index contributed by atoms with van der Waals surface area (Å²) >= 11 is 1.68. The van der Waals surface area contributed by atoms with Gasteiger partial charge in [0.15, 0.2) is 0 Å². The quantitative estimate of drug-likeness (QED) is 0.626. The minimum atomic E-state index is -0.212. The summed E-state index contributed by atoms with van der Waals surface area (Å²) in [7, 11) is 0. The molecule has 110 valence electrons. The molecule has 0 heterocycles. The number of carbonyl (C=O) groups excluding carboxylic acids is 1. The van der Waals surface area contributed by atoms with E-state index in [-0.39, 0.29) is 23.7 Å². The zero-order valence-electron chi connectivity index (χ0n) is 11.5. The van der Waals surface area contributed by atoms with Gasteiger partial charge in [0.05, 0.1) is 0 Å². The Balaban J connectivity index is 1.57. The third-order valence-electron chi connectivity index (χ3n) is 3.55. The zero-order chi connectivity index (χ0) is 14.4. The Hall–Kier alpha value is -1.07. The molecule has 1 saturated carbocycles. The molecule has 0 aliphatic heterocycles. The Labute approximate surface area is 123 Å². The molecule has 5 heteroatoms. The molecule has 2 atom stereocenters. The molecule has 0 aromatic heterocycles. The fraction of sp³-hybridized carbons (Fsp3) is 0.533. The second-order valence-corrected chi connectivity index (χ2v) is 6.39. The lowest BCUT2D eigenvalue weighted by Gasteiger charge is -2.10. The number of hydrogen-bond acceptors (Lipinski definition) is 3. The first-order valence-corrected chi connectivity index (χ1v) is 8.05. The molecule has 0 bridgehead atoms. The summed E-state index contributed by atoms with van der Waals surface area (Å²) in [5.41, 5.74) is 5.80. The molecule has 3 N–H and O–H groups in total. The van der Waals surface area contributed by atoms with Crippen LogP contribution in [-0.2, 0) is 4.79 Å². The summed E-state index contributed by atoms with van der Waals surface area (Å²) in [6.45, 7) is 0.693. The third kappa shape index (κ3) is 4.80. The highest BCUT2D eigenvalue weighted by molar-refractivity contribution is 7.99. The number of nitrogens with one attached hydrogen (secondary N) is 1. The first-order chi connectivity index (χ1) is 9.65. The number of carbonyl (C=O) groups is 1. The fourth-order valence-corrected chi connectivity index (χ4v) is 3.26. The van der Waals surface area contributed by atoms with Gasteiger partial charge in [-0.1, -0.05) is 0 Å². The van der Waals surface area contributed by atoms with Gasteiger partial charge in [0.1, 0.15) is 5.82 Å². The van der Waals surface area contributed by atoms with Crippen LogP contribution in [0.4, 0.5) is 4.39 Å². The van der Waals surface area contributed by atoms with Crippen molar-refractivity contribution < 1.29 is 9.18 Å². The number of thioether (sulfide) groups is 1. The van der Waals surface area contributed by atoms with Crippen molar-refractivity contribution in [3.63, 3.8) is 0 Å². The van der Waals surface area contributed by atoms with E-state index in [4.69, 9.17) is 5.73 Å². The lowest BCUT2D eigenvalue weighted by molar-refractivity contribution is -0.124. The Morgan fingerprint density at radius 3 is 2.75 bits per heavy atom. The number of benzene rings is 1. The van der Waals surface area contributed by atoms with E-state index >= 15 is 0 Å². The predicted octanol–water partition coefficient (Wildman–Crippen LogP) is 2.55. The maximum Gasteiger partial charge on any atom is 0.223 e. The standard InChI is InChI=1S/C15H21FN2OS/c16-12-3-6-14(7-4-12)20-9-1-8-18-15(19)11-2-5-13(17)10-11/h3-4,6-7,11,13H,1-2,5,8-10,17H2,(H,18,19). The van der Waals surface area contributed by atoms with E-state index in [0.29, 0.717) is 6.54 Å². The van der Waals surface area contributed by atoms with E-state index in [2.05, 4.69) is 5.32 Å². The van der Waals surface area contributed by atoms with Gasteiger partial charge in [0, 0.05) is 23.4 Å². The van der Waals surface area contributed by atoms with Crippen LogP contribution in [0, 0.1) is 11.7 Å². The van der Waals surface area contributed by atoms with E-state index in [1.807, 2.05) is 0 Å². The maximum atomic E-state index is 12.7. The minimum Gasteiger partial charge on any atom is -0.356 e. The van der Waals surface area contributed by atoms with Crippen LogP contribution in [-0.4, -0.2) is 24.2 Å². The Morgan fingerprint density at radius 2 is 2.10 bits per heavy atom. The predicted molar refractivity (Wildman–Crippen MR) is 80.1 cm³/mol. The molecule has 0 spiro atoms. The van der Waals surface area contributed by atoms with Crippen LogP contribution >= 0.6 is 11.8 Å². The largest absolute Gasteiger partial charge is 0.356 e. The van der Waals surface area contributed by atoms with Crippen molar-refractivity contribution in [1.82, 2.24) is 5.32 Å². The second kappa shape index (κ2) is 7.64. The summed E-state index contributed by atoms with van der Waals surface area (Å²) in [5.74, 6) is 0.951. The van der Waals surface area contributed by atoms with Gasteiger partial charge in [-0.15, -0.1) is 11.8 Å². The normalized spacial score (nSPS) is 21.9. The maximum absolute atomic E-state index is 12.7.